The number of hydrogen-bond acceptors (Lipinski definition) is 2. The Bertz CT molecular complexity index is 283. The second-order valence-electron chi connectivity index (χ2n) is 3.55. The molecule has 2 nitrogen and oxygen atoms in total. The molecule has 4 heteroatoms. The number of halogens is 2. The van der Waals surface area contributed by atoms with Crippen LogP contribution in [0.15, 0.2) is 11.6 Å². The number of carbonyl (C=O) groups is 1. The van der Waals surface area contributed by atoms with Crippen molar-refractivity contribution in [3.8, 4) is 0 Å². The molecule has 1 fully saturated rings. The molecule has 0 radical (unpaired) electrons. The van der Waals surface area contributed by atoms with Gasteiger partial charge in [0.05, 0.1) is 7.11 Å². The van der Waals surface area contributed by atoms with Gasteiger partial charge in [-0.25, -0.2) is 4.79 Å². The molecule has 1 saturated carbocycles. The highest BCUT2D eigenvalue weighted by Crippen LogP contribution is 2.64. The summed E-state index contributed by atoms with van der Waals surface area (Å²) >= 11 is 12.0. The number of esters is 1. The normalized spacial score (nSPS) is 34.5. The Kier molecular flexibility index (Phi) is 2.08. The smallest absolute Gasteiger partial charge is 0.333 e. The standard InChI is InChI=1S/C9H10Cl2O2/c1-13-8(12)5-2-3-6-7(4-5)9(6,10)11/h2,6-7H,3-4H2,1H3. The van der Waals surface area contributed by atoms with Gasteiger partial charge in [0.15, 0.2) is 0 Å². The predicted octanol–water partition coefficient (Wildman–Crippen LogP) is 2.30. The minimum atomic E-state index is -0.605. The highest BCUT2D eigenvalue weighted by Gasteiger charge is 2.63. The van der Waals surface area contributed by atoms with Gasteiger partial charge in [-0.05, 0) is 12.8 Å². The summed E-state index contributed by atoms with van der Waals surface area (Å²) in [4.78, 5) is 11.2. The van der Waals surface area contributed by atoms with E-state index in [9.17, 15) is 4.79 Å². The van der Waals surface area contributed by atoms with Crippen LogP contribution in [0.25, 0.3) is 0 Å². The number of ether oxygens (including phenoxy) is 1. The molecule has 0 amide bonds. The fourth-order valence-corrected chi connectivity index (χ4v) is 2.76. The van der Waals surface area contributed by atoms with E-state index >= 15 is 0 Å². The van der Waals surface area contributed by atoms with E-state index in [1.54, 1.807) is 0 Å². The lowest BCUT2D eigenvalue weighted by Crippen LogP contribution is -2.08. The number of methoxy groups -OCH3 is 1. The Hall–Kier alpha value is -0.210. The topological polar surface area (TPSA) is 26.3 Å². The fraction of sp³-hybridized carbons (Fsp3) is 0.667. The first-order chi connectivity index (χ1) is 6.07. The van der Waals surface area contributed by atoms with E-state index in [1.165, 1.54) is 7.11 Å². The van der Waals surface area contributed by atoms with Gasteiger partial charge in [-0.1, -0.05) is 6.08 Å². The van der Waals surface area contributed by atoms with Gasteiger partial charge in [0.2, 0.25) is 0 Å². The molecule has 0 spiro atoms. The summed E-state index contributed by atoms with van der Waals surface area (Å²) in [7, 11) is 1.39. The molecule has 0 aliphatic heterocycles. The third kappa shape index (κ3) is 1.36. The number of allylic oxidation sites excluding steroid dienone is 1. The van der Waals surface area contributed by atoms with E-state index in [0.717, 1.165) is 6.42 Å². The lowest BCUT2D eigenvalue weighted by atomic mass is 10.00. The maximum absolute atomic E-state index is 11.2. The van der Waals surface area contributed by atoms with Crippen molar-refractivity contribution in [1.29, 1.82) is 0 Å². The van der Waals surface area contributed by atoms with E-state index < -0.39 is 4.33 Å². The van der Waals surface area contributed by atoms with Crippen LogP contribution < -0.4 is 0 Å². The highest BCUT2D eigenvalue weighted by atomic mass is 35.5. The van der Waals surface area contributed by atoms with Crippen LogP contribution >= 0.6 is 23.2 Å². The Morgan fingerprint density at radius 2 is 2.31 bits per heavy atom. The van der Waals surface area contributed by atoms with E-state index in [4.69, 9.17) is 23.2 Å². The summed E-state index contributed by atoms with van der Waals surface area (Å²) in [5, 5.41) is 0. The zero-order valence-electron chi connectivity index (χ0n) is 7.22. The zero-order valence-corrected chi connectivity index (χ0v) is 8.73. The Labute approximate surface area is 86.8 Å². The minimum absolute atomic E-state index is 0.245. The molecular weight excluding hydrogens is 211 g/mol. The van der Waals surface area contributed by atoms with Crippen LogP contribution in [0.4, 0.5) is 0 Å². The molecule has 0 aromatic rings. The first-order valence-corrected chi connectivity index (χ1v) is 4.98. The van der Waals surface area contributed by atoms with Gasteiger partial charge in [-0.3, -0.25) is 0 Å². The molecule has 2 aliphatic carbocycles. The third-order valence-electron chi connectivity index (χ3n) is 2.87. The Morgan fingerprint density at radius 3 is 2.85 bits per heavy atom. The highest BCUT2D eigenvalue weighted by molar-refractivity contribution is 6.51. The van der Waals surface area contributed by atoms with Gasteiger partial charge in [0.25, 0.3) is 0 Å². The molecule has 13 heavy (non-hydrogen) atoms. The summed E-state index contributed by atoms with van der Waals surface area (Å²) in [5.74, 6) is 0.327. The van der Waals surface area contributed by atoms with Crippen molar-refractivity contribution < 1.29 is 9.53 Å². The average Bonchev–Trinajstić information content (AvgIpc) is 2.68. The van der Waals surface area contributed by atoms with Crippen molar-refractivity contribution >= 4 is 29.2 Å². The van der Waals surface area contributed by atoms with Crippen LogP contribution in [0.2, 0.25) is 0 Å². The van der Waals surface area contributed by atoms with Gasteiger partial charge in [-0.15, -0.1) is 23.2 Å². The quantitative estimate of drug-likeness (QED) is 0.501. The largest absolute Gasteiger partial charge is 0.466 e. The maximum Gasteiger partial charge on any atom is 0.333 e. The van der Waals surface area contributed by atoms with E-state index in [-0.39, 0.29) is 11.9 Å². The average molecular weight is 221 g/mol. The molecule has 2 aliphatic rings. The lowest BCUT2D eigenvalue weighted by molar-refractivity contribution is -0.136. The first-order valence-electron chi connectivity index (χ1n) is 4.22. The summed E-state index contributed by atoms with van der Waals surface area (Å²) < 4.78 is 4.03. The van der Waals surface area contributed by atoms with Crippen molar-refractivity contribution in [2.75, 3.05) is 7.11 Å². The molecule has 0 aromatic carbocycles. The molecule has 0 heterocycles. The molecule has 0 aromatic heterocycles. The first kappa shape index (κ1) is 9.35. The molecule has 72 valence electrons. The Balaban J connectivity index is 2.06. The second-order valence-corrected chi connectivity index (χ2v) is 4.99. The zero-order chi connectivity index (χ0) is 9.64. The lowest BCUT2D eigenvalue weighted by Gasteiger charge is -2.08. The van der Waals surface area contributed by atoms with Crippen molar-refractivity contribution in [3.05, 3.63) is 11.6 Å². The summed E-state index contributed by atoms with van der Waals surface area (Å²) in [6, 6.07) is 0. The summed E-state index contributed by atoms with van der Waals surface area (Å²) in [6.45, 7) is 0. The second kappa shape index (κ2) is 2.89. The number of fused-ring (bicyclic) bond motifs is 1. The van der Waals surface area contributed by atoms with E-state index in [2.05, 4.69) is 4.74 Å². The van der Waals surface area contributed by atoms with Gasteiger partial charge in [-0.2, -0.15) is 0 Å². The van der Waals surface area contributed by atoms with Gasteiger partial charge in [0, 0.05) is 17.4 Å². The van der Waals surface area contributed by atoms with E-state index in [0.29, 0.717) is 17.9 Å². The van der Waals surface area contributed by atoms with Gasteiger partial charge in [0.1, 0.15) is 4.33 Å². The molecule has 2 atom stereocenters. The third-order valence-corrected chi connectivity index (χ3v) is 3.99. The maximum atomic E-state index is 11.2. The molecule has 0 bridgehead atoms. The SMILES string of the molecule is COC(=O)C1=CCC2C(C1)C2(Cl)Cl. The summed E-state index contributed by atoms with van der Waals surface area (Å²) in [5.41, 5.74) is 0.715. The van der Waals surface area contributed by atoms with Crippen LogP contribution in [0.1, 0.15) is 12.8 Å². The fourth-order valence-electron chi connectivity index (χ4n) is 1.95. The number of carbonyl (C=O) groups excluding carboxylic acids is 1. The van der Waals surface area contributed by atoms with Crippen LogP contribution in [-0.2, 0) is 9.53 Å². The minimum Gasteiger partial charge on any atom is -0.466 e. The predicted molar refractivity (Wildman–Crippen MR) is 50.8 cm³/mol. The molecular formula is C9H10Cl2O2. The number of hydrogen-bond donors (Lipinski definition) is 0. The van der Waals surface area contributed by atoms with Crippen molar-refractivity contribution in [2.24, 2.45) is 11.8 Å². The number of alkyl halides is 2. The summed E-state index contributed by atoms with van der Waals surface area (Å²) in [6.07, 6.45) is 3.34. The van der Waals surface area contributed by atoms with Crippen LogP contribution in [0, 0.1) is 11.8 Å². The van der Waals surface area contributed by atoms with Crippen molar-refractivity contribution in [3.63, 3.8) is 0 Å². The molecule has 2 rings (SSSR count). The van der Waals surface area contributed by atoms with Crippen LogP contribution in [-0.4, -0.2) is 17.4 Å². The van der Waals surface area contributed by atoms with Gasteiger partial charge < -0.3 is 4.74 Å². The molecule has 2 unspecified atom stereocenters. The Morgan fingerprint density at radius 1 is 1.62 bits per heavy atom. The van der Waals surface area contributed by atoms with Crippen LogP contribution in [0.3, 0.4) is 0 Å². The van der Waals surface area contributed by atoms with Crippen molar-refractivity contribution in [2.45, 2.75) is 17.2 Å². The molecule has 0 N–H and O–H groups in total. The number of rotatable bonds is 1. The van der Waals surface area contributed by atoms with Gasteiger partial charge >= 0.3 is 5.97 Å². The monoisotopic (exact) mass is 220 g/mol. The van der Waals surface area contributed by atoms with Crippen molar-refractivity contribution in [1.82, 2.24) is 0 Å². The van der Waals surface area contributed by atoms with E-state index in [1.807, 2.05) is 6.08 Å². The molecule has 0 saturated heterocycles. The van der Waals surface area contributed by atoms with Crippen LogP contribution in [0.5, 0.6) is 0 Å².